The highest BCUT2D eigenvalue weighted by Crippen LogP contribution is 2.29. The molecule has 6 nitrogen and oxygen atoms in total. The fourth-order valence-corrected chi connectivity index (χ4v) is 4.95. The standard InChI is InChI=1S/C18H25N5OS2/c1-3-19-17-20-21-18(26-17)25-14(2)16(24)23-11-9-22(10-12-23)13-15-7-5-4-6-8-15/h4-8,14H,3,9-13H2,1-2H3,(H,19,20). The third kappa shape index (κ3) is 5.18. The van der Waals surface area contributed by atoms with Gasteiger partial charge >= 0.3 is 0 Å². The van der Waals surface area contributed by atoms with Gasteiger partial charge in [0.2, 0.25) is 11.0 Å². The number of hydrogen-bond acceptors (Lipinski definition) is 7. The van der Waals surface area contributed by atoms with Gasteiger partial charge in [0.15, 0.2) is 4.34 Å². The van der Waals surface area contributed by atoms with E-state index in [-0.39, 0.29) is 11.2 Å². The van der Waals surface area contributed by atoms with Gasteiger partial charge in [0.05, 0.1) is 5.25 Å². The smallest absolute Gasteiger partial charge is 0.235 e. The van der Waals surface area contributed by atoms with Crippen molar-refractivity contribution in [3.05, 3.63) is 35.9 Å². The first kappa shape index (κ1) is 19.1. The molecule has 2 heterocycles. The zero-order chi connectivity index (χ0) is 18.4. The zero-order valence-electron chi connectivity index (χ0n) is 15.2. The van der Waals surface area contributed by atoms with Crippen LogP contribution in [0.3, 0.4) is 0 Å². The Morgan fingerprint density at radius 2 is 1.96 bits per heavy atom. The van der Waals surface area contributed by atoms with Crippen molar-refractivity contribution < 1.29 is 4.79 Å². The largest absolute Gasteiger partial charge is 0.360 e. The quantitative estimate of drug-likeness (QED) is 0.733. The number of anilines is 1. The number of carbonyl (C=O) groups excluding carboxylic acids is 1. The topological polar surface area (TPSA) is 61.4 Å². The highest BCUT2D eigenvalue weighted by Gasteiger charge is 2.26. The van der Waals surface area contributed by atoms with Gasteiger partial charge in [-0.15, -0.1) is 10.2 Å². The Kier molecular flexibility index (Phi) is 6.87. The van der Waals surface area contributed by atoms with Gasteiger partial charge in [-0.2, -0.15) is 0 Å². The molecule has 1 saturated heterocycles. The zero-order valence-corrected chi connectivity index (χ0v) is 16.9. The van der Waals surface area contributed by atoms with Crippen molar-refractivity contribution in [2.75, 3.05) is 38.0 Å². The molecular weight excluding hydrogens is 366 g/mol. The van der Waals surface area contributed by atoms with Crippen molar-refractivity contribution in [3.63, 3.8) is 0 Å². The van der Waals surface area contributed by atoms with Crippen molar-refractivity contribution in [2.45, 2.75) is 30.0 Å². The second-order valence-electron chi connectivity index (χ2n) is 6.25. The van der Waals surface area contributed by atoms with E-state index in [2.05, 4.69) is 44.7 Å². The molecule has 1 aromatic carbocycles. The summed E-state index contributed by atoms with van der Waals surface area (Å²) in [5, 5.41) is 12.1. The molecule has 3 rings (SSSR count). The Labute approximate surface area is 163 Å². The van der Waals surface area contributed by atoms with Crippen molar-refractivity contribution in [2.24, 2.45) is 0 Å². The Bertz CT molecular complexity index is 701. The van der Waals surface area contributed by atoms with Gasteiger partial charge in [-0.05, 0) is 19.4 Å². The van der Waals surface area contributed by atoms with E-state index >= 15 is 0 Å². The molecule has 0 spiro atoms. The van der Waals surface area contributed by atoms with Crippen molar-refractivity contribution >= 4 is 34.1 Å². The third-order valence-electron chi connectivity index (χ3n) is 4.29. The van der Waals surface area contributed by atoms with Crippen LogP contribution in [-0.2, 0) is 11.3 Å². The maximum absolute atomic E-state index is 12.7. The van der Waals surface area contributed by atoms with Crippen LogP contribution in [0, 0.1) is 0 Å². The number of nitrogens with one attached hydrogen (secondary N) is 1. The molecule has 26 heavy (non-hydrogen) atoms. The van der Waals surface area contributed by atoms with Crippen LogP contribution < -0.4 is 5.32 Å². The predicted octanol–water partition coefficient (Wildman–Crippen LogP) is 2.79. The van der Waals surface area contributed by atoms with E-state index in [1.54, 1.807) is 0 Å². The van der Waals surface area contributed by atoms with Crippen molar-refractivity contribution in [3.8, 4) is 0 Å². The Hall–Kier alpha value is -1.64. The molecule has 1 fully saturated rings. The summed E-state index contributed by atoms with van der Waals surface area (Å²) in [4.78, 5) is 17.1. The van der Waals surface area contributed by atoms with Crippen LogP contribution >= 0.6 is 23.1 Å². The maximum Gasteiger partial charge on any atom is 0.235 e. The molecule has 0 saturated carbocycles. The number of aromatic nitrogens is 2. The molecule has 1 aromatic heterocycles. The minimum absolute atomic E-state index is 0.141. The van der Waals surface area contributed by atoms with Gasteiger partial charge in [0, 0.05) is 39.3 Å². The molecule has 0 aliphatic carbocycles. The first-order valence-electron chi connectivity index (χ1n) is 8.95. The third-order valence-corrected chi connectivity index (χ3v) is 6.35. The number of rotatable bonds is 7. The molecule has 2 aromatic rings. The average Bonchev–Trinajstić information content (AvgIpc) is 3.10. The number of piperazine rings is 1. The van der Waals surface area contributed by atoms with E-state index in [4.69, 9.17) is 0 Å². The van der Waals surface area contributed by atoms with E-state index in [1.807, 2.05) is 24.8 Å². The normalized spacial score (nSPS) is 16.5. The summed E-state index contributed by atoms with van der Waals surface area (Å²) < 4.78 is 0.838. The van der Waals surface area contributed by atoms with Crippen LogP contribution in [-0.4, -0.2) is 63.9 Å². The highest BCUT2D eigenvalue weighted by atomic mass is 32.2. The molecule has 0 radical (unpaired) electrons. The van der Waals surface area contributed by atoms with Gasteiger partial charge in [-0.3, -0.25) is 9.69 Å². The van der Waals surface area contributed by atoms with E-state index in [9.17, 15) is 4.79 Å². The van der Waals surface area contributed by atoms with Gasteiger partial charge in [0.25, 0.3) is 0 Å². The van der Waals surface area contributed by atoms with E-state index in [0.29, 0.717) is 0 Å². The molecule has 1 amide bonds. The van der Waals surface area contributed by atoms with Crippen LogP contribution in [0.25, 0.3) is 0 Å². The molecule has 1 aliphatic rings. The highest BCUT2D eigenvalue weighted by molar-refractivity contribution is 8.02. The monoisotopic (exact) mass is 391 g/mol. The molecular formula is C18H25N5OS2. The SMILES string of the molecule is CCNc1nnc(SC(C)C(=O)N2CCN(Cc3ccccc3)CC2)s1. The molecule has 1 unspecified atom stereocenters. The summed E-state index contributed by atoms with van der Waals surface area (Å²) in [6, 6.07) is 10.5. The van der Waals surface area contributed by atoms with Gasteiger partial charge in [-0.25, -0.2) is 0 Å². The number of benzene rings is 1. The van der Waals surface area contributed by atoms with Crippen LogP contribution in [0.2, 0.25) is 0 Å². The van der Waals surface area contributed by atoms with E-state index in [0.717, 1.165) is 48.7 Å². The summed E-state index contributed by atoms with van der Waals surface area (Å²) in [5.41, 5.74) is 1.32. The lowest BCUT2D eigenvalue weighted by Gasteiger charge is -2.35. The second kappa shape index (κ2) is 9.34. The molecule has 140 valence electrons. The minimum Gasteiger partial charge on any atom is -0.360 e. The molecule has 1 N–H and O–H groups in total. The summed E-state index contributed by atoms with van der Waals surface area (Å²) in [6.45, 7) is 9.16. The molecule has 1 aliphatic heterocycles. The van der Waals surface area contributed by atoms with Crippen LogP contribution in [0.5, 0.6) is 0 Å². The van der Waals surface area contributed by atoms with E-state index in [1.165, 1.54) is 28.7 Å². The first-order valence-corrected chi connectivity index (χ1v) is 10.6. The fraction of sp³-hybridized carbons (Fsp3) is 0.500. The number of nitrogens with zero attached hydrogens (tertiary/aromatic N) is 4. The first-order chi connectivity index (χ1) is 12.7. The summed E-state index contributed by atoms with van der Waals surface area (Å²) >= 11 is 3.00. The Morgan fingerprint density at radius 1 is 1.23 bits per heavy atom. The van der Waals surface area contributed by atoms with E-state index < -0.39 is 0 Å². The second-order valence-corrected chi connectivity index (χ2v) is 8.82. The lowest BCUT2D eigenvalue weighted by Crippen LogP contribution is -2.50. The lowest BCUT2D eigenvalue weighted by atomic mass is 10.2. The predicted molar refractivity (Wildman–Crippen MR) is 108 cm³/mol. The van der Waals surface area contributed by atoms with Gasteiger partial charge < -0.3 is 10.2 Å². The van der Waals surface area contributed by atoms with Crippen LogP contribution in [0.1, 0.15) is 19.4 Å². The molecule has 1 atom stereocenters. The van der Waals surface area contributed by atoms with Crippen LogP contribution in [0.4, 0.5) is 5.13 Å². The number of amides is 1. The van der Waals surface area contributed by atoms with Crippen molar-refractivity contribution in [1.29, 1.82) is 0 Å². The lowest BCUT2D eigenvalue weighted by molar-refractivity contribution is -0.132. The molecule has 0 bridgehead atoms. The number of carbonyl (C=O) groups is 1. The average molecular weight is 392 g/mol. The van der Waals surface area contributed by atoms with Gasteiger partial charge in [-0.1, -0.05) is 53.4 Å². The van der Waals surface area contributed by atoms with Crippen LogP contribution in [0.15, 0.2) is 34.7 Å². The van der Waals surface area contributed by atoms with Crippen molar-refractivity contribution in [1.82, 2.24) is 20.0 Å². The summed E-state index contributed by atoms with van der Waals surface area (Å²) in [7, 11) is 0. The molecule has 8 heteroatoms. The summed E-state index contributed by atoms with van der Waals surface area (Å²) in [5.74, 6) is 0.189. The van der Waals surface area contributed by atoms with Gasteiger partial charge in [0.1, 0.15) is 0 Å². The minimum atomic E-state index is -0.141. The number of hydrogen-bond donors (Lipinski definition) is 1. The Morgan fingerprint density at radius 3 is 2.65 bits per heavy atom. The Balaban J connectivity index is 1.46. The number of thioether (sulfide) groups is 1. The fourth-order valence-electron chi connectivity index (χ4n) is 2.91. The maximum atomic E-state index is 12.7. The summed E-state index contributed by atoms with van der Waals surface area (Å²) in [6.07, 6.45) is 0.